The molecular weight excluding hydrogens is 354 g/mol. The first-order valence-corrected chi connectivity index (χ1v) is 7.79. The van der Waals surface area contributed by atoms with Crippen molar-refractivity contribution in [1.82, 2.24) is 10.6 Å². The molecule has 0 saturated carbocycles. The van der Waals surface area contributed by atoms with Crippen molar-refractivity contribution in [3.05, 3.63) is 29.5 Å². The molecule has 1 aliphatic heterocycles. The molecule has 3 rings (SSSR count). The second-order valence-electron chi connectivity index (χ2n) is 6.18. The molecule has 1 aromatic carbocycles. The summed E-state index contributed by atoms with van der Waals surface area (Å²) in [5, 5.41) is 6.20. The standard InChI is InChI=1S/C17H20F2N2O3.ClH/c1-9-12-6-11(23-3)4-5-14(12)24-15(9)10(2)21-16(22)13-7-17(18,19)8-20-13;/h4-6,10,13,20H,7-8H2,1-3H3,(H,21,22);1H. The predicted octanol–water partition coefficient (Wildman–Crippen LogP) is 3.35. The molecule has 1 aromatic heterocycles. The van der Waals surface area contributed by atoms with E-state index in [9.17, 15) is 13.6 Å². The van der Waals surface area contributed by atoms with Crippen LogP contribution in [0.15, 0.2) is 22.6 Å². The van der Waals surface area contributed by atoms with E-state index in [4.69, 9.17) is 9.15 Å². The van der Waals surface area contributed by atoms with E-state index in [1.165, 1.54) is 0 Å². The molecule has 0 radical (unpaired) electrons. The number of amides is 1. The van der Waals surface area contributed by atoms with E-state index in [1.807, 2.05) is 13.0 Å². The third-order valence-electron chi connectivity index (χ3n) is 4.36. The largest absolute Gasteiger partial charge is 0.497 e. The SMILES string of the molecule is COc1ccc2oc(C(C)NC(=O)C3CC(F)(F)CN3)c(C)c2c1.Cl. The molecule has 138 valence electrons. The molecule has 2 atom stereocenters. The van der Waals surface area contributed by atoms with Gasteiger partial charge in [0.1, 0.15) is 17.1 Å². The number of hydrogen-bond donors (Lipinski definition) is 2. The number of rotatable bonds is 4. The molecule has 2 heterocycles. The van der Waals surface area contributed by atoms with E-state index in [0.29, 0.717) is 17.1 Å². The highest BCUT2D eigenvalue weighted by Crippen LogP contribution is 2.32. The van der Waals surface area contributed by atoms with E-state index >= 15 is 0 Å². The second kappa shape index (κ2) is 7.17. The number of nitrogens with one attached hydrogen (secondary N) is 2. The molecule has 1 fully saturated rings. The smallest absolute Gasteiger partial charge is 0.262 e. The van der Waals surface area contributed by atoms with Gasteiger partial charge in [-0.15, -0.1) is 12.4 Å². The first-order chi connectivity index (χ1) is 11.3. The molecule has 8 heteroatoms. The van der Waals surface area contributed by atoms with Crippen molar-refractivity contribution in [3.8, 4) is 5.75 Å². The topological polar surface area (TPSA) is 63.5 Å². The Kier molecular flexibility index (Phi) is 5.58. The number of furan rings is 1. The van der Waals surface area contributed by atoms with Gasteiger partial charge in [0, 0.05) is 17.4 Å². The first-order valence-electron chi connectivity index (χ1n) is 7.79. The number of aryl methyl sites for hydroxylation is 1. The second-order valence-corrected chi connectivity index (χ2v) is 6.18. The van der Waals surface area contributed by atoms with Crippen LogP contribution in [0.5, 0.6) is 5.75 Å². The van der Waals surface area contributed by atoms with Crippen molar-refractivity contribution in [2.75, 3.05) is 13.7 Å². The van der Waals surface area contributed by atoms with Gasteiger partial charge in [-0.25, -0.2) is 8.78 Å². The minimum atomic E-state index is -2.84. The lowest BCUT2D eigenvalue weighted by Gasteiger charge is -2.16. The Labute approximate surface area is 150 Å². The van der Waals surface area contributed by atoms with Crippen molar-refractivity contribution in [3.63, 3.8) is 0 Å². The maximum Gasteiger partial charge on any atom is 0.262 e. The van der Waals surface area contributed by atoms with Gasteiger partial charge in [0.25, 0.3) is 5.92 Å². The zero-order valence-corrected chi connectivity index (χ0v) is 15.0. The van der Waals surface area contributed by atoms with Crippen molar-refractivity contribution in [1.29, 1.82) is 0 Å². The molecule has 0 bridgehead atoms. The molecule has 0 aliphatic carbocycles. The Morgan fingerprint density at radius 3 is 2.80 bits per heavy atom. The van der Waals surface area contributed by atoms with E-state index in [1.54, 1.807) is 26.2 Å². The molecule has 1 saturated heterocycles. The molecule has 1 amide bonds. The number of ether oxygens (including phenoxy) is 1. The maximum absolute atomic E-state index is 13.2. The van der Waals surface area contributed by atoms with Gasteiger partial charge in [-0.1, -0.05) is 0 Å². The minimum Gasteiger partial charge on any atom is -0.497 e. The van der Waals surface area contributed by atoms with E-state index in [2.05, 4.69) is 10.6 Å². The van der Waals surface area contributed by atoms with Crippen LogP contribution >= 0.6 is 12.4 Å². The molecule has 2 unspecified atom stereocenters. The fourth-order valence-electron chi connectivity index (χ4n) is 3.04. The van der Waals surface area contributed by atoms with Gasteiger partial charge < -0.3 is 14.5 Å². The number of halogens is 3. The number of carbonyl (C=O) groups is 1. The number of benzene rings is 1. The molecule has 1 aliphatic rings. The van der Waals surface area contributed by atoms with Gasteiger partial charge in [-0.3, -0.25) is 10.1 Å². The average Bonchev–Trinajstić information content (AvgIpc) is 3.07. The highest BCUT2D eigenvalue weighted by molar-refractivity contribution is 5.86. The van der Waals surface area contributed by atoms with Crippen LogP contribution in [0.3, 0.4) is 0 Å². The summed E-state index contributed by atoms with van der Waals surface area (Å²) in [6, 6.07) is 4.16. The minimum absolute atomic E-state index is 0. The van der Waals surface area contributed by atoms with Gasteiger partial charge >= 0.3 is 0 Å². The normalized spacial score (nSPS) is 20.1. The van der Waals surface area contributed by atoms with Crippen LogP contribution in [0.1, 0.15) is 30.7 Å². The van der Waals surface area contributed by atoms with E-state index in [-0.39, 0.29) is 12.4 Å². The monoisotopic (exact) mass is 374 g/mol. The number of alkyl halides is 2. The lowest BCUT2D eigenvalue weighted by atomic mass is 10.1. The quantitative estimate of drug-likeness (QED) is 0.861. The zero-order chi connectivity index (χ0) is 17.5. The highest BCUT2D eigenvalue weighted by Gasteiger charge is 2.42. The lowest BCUT2D eigenvalue weighted by Crippen LogP contribution is -2.41. The van der Waals surface area contributed by atoms with Crippen molar-refractivity contribution < 1.29 is 22.7 Å². The van der Waals surface area contributed by atoms with Crippen LogP contribution in [0.2, 0.25) is 0 Å². The molecular formula is C17H21ClF2N2O3. The van der Waals surface area contributed by atoms with Gasteiger partial charge in [0.15, 0.2) is 0 Å². The van der Waals surface area contributed by atoms with Crippen molar-refractivity contribution in [2.45, 2.75) is 38.3 Å². The summed E-state index contributed by atoms with van der Waals surface area (Å²) in [7, 11) is 1.59. The Balaban J connectivity index is 0.00000225. The van der Waals surface area contributed by atoms with E-state index in [0.717, 1.165) is 10.9 Å². The first kappa shape index (κ1) is 19.5. The number of carbonyl (C=O) groups excluding carboxylic acids is 1. The summed E-state index contributed by atoms with van der Waals surface area (Å²) in [5.41, 5.74) is 1.58. The van der Waals surface area contributed by atoms with Gasteiger partial charge in [-0.2, -0.15) is 0 Å². The summed E-state index contributed by atoms with van der Waals surface area (Å²) < 4.78 is 37.5. The molecule has 0 spiro atoms. The third kappa shape index (κ3) is 3.88. The Morgan fingerprint density at radius 2 is 2.20 bits per heavy atom. The number of hydrogen-bond acceptors (Lipinski definition) is 4. The predicted molar refractivity (Wildman–Crippen MR) is 92.7 cm³/mol. The zero-order valence-electron chi connectivity index (χ0n) is 14.2. The number of methoxy groups -OCH3 is 1. The van der Waals surface area contributed by atoms with Gasteiger partial charge in [-0.05, 0) is 32.0 Å². The molecule has 25 heavy (non-hydrogen) atoms. The van der Waals surface area contributed by atoms with Crippen LogP contribution in [-0.4, -0.2) is 31.5 Å². The Morgan fingerprint density at radius 1 is 1.48 bits per heavy atom. The molecule has 2 N–H and O–H groups in total. The molecule has 2 aromatic rings. The van der Waals surface area contributed by atoms with E-state index < -0.39 is 36.9 Å². The van der Waals surface area contributed by atoms with Crippen LogP contribution in [-0.2, 0) is 4.79 Å². The number of fused-ring (bicyclic) bond motifs is 1. The molecule has 5 nitrogen and oxygen atoms in total. The van der Waals surface area contributed by atoms with Crippen LogP contribution in [0.4, 0.5) is 8.78 Å². The summed E-state index contributed by atoms with van der Waals surface area (Å²) in [6.45, 7) is 3.20. The fourth-order valence-corrected chi connectivity index (χ4v) is 3.04. The average molecular weight is 375 g/mol. The highest BCUT2D eigenvalue weighted by atomic mass is 35.5. The Bertz CT molecular complexity index is 779. The summed E-state index contributed by atoms with van der Waals surface area (Å²) in [6.07, 6.45) is -0.484. The van der Waals surface area contributed by atoms with Crippen molar-refractivity contribution >= 4 is 29.3 Å². The Hall–Kier alpha value is -1.86. The summed E-state index contributed by atoms with van der Waals surface area (Å²) in [4.78, 5) is 12.2. The fraction of sp³-hybridized carbons (Fsp3) is 0.471. The third-order valence-corrected chi connectivity index (χ3v) is 4.36. The van der Waals surface area contributed by atoms with Gasteiger partial charge in [0.05, 0.1) is 25.7 Å². The summed E-state index contributed by atoms with van der Waals surface area (Å²) >= 11 is 0. The van der Waals surface area contributed by atoms with Gasteiger partial charge in [0.2, 0.25) is 5.91 Å². The van der Waals surface area contributed by atoms with Crippen molar-refractivity contribution in [2.24, 2.45) is 0 Å². The maximum atomic E-state index is 13.2. The van der Waals surface area contributed by atoms with Crippen LogP contribution in [0, 0.1) is 6.92 Å². The van der Waals surface area contributed by atoms with Crippen LogP contribution < -0.4 is 15.4 Å². The van der Waals surface area contributed by atoms with Crippen LogP contribution in [0.25, 0.3) is 11.0 Å². The summed E-state index contributed by atoms with van der Waals surface area (Å²) in [5.74, 6) is -1.96. The lowest BCUT2D eigenvalue weighted by molar-refractivity contribution is -0.124.